The van der Waals surface area contributed by atoms with Crippen LogP contribution in [0.1, 0.15) is 36.0 Å². The Morgan fingerprint density at radius 1 is 1.04 bits per heavy atom. The highest BCUT2D eigenvalue weighted by Gasteiger charge is 2.30. The molecule has 1 aliphatic heterocycles. The number of nitrogens with two attached hydrogens (primary N) is 1. The number of piperidine rings is 1. The second-order valence-corrected chi connectivity index (χ2v) is 7.01. The lowest BCUT2D eigenvalue weighted by Crippen LogP contribution is -2.46. The minimum atomic E-state index is -0.184. The van der Waals surface area contributed by atoms with Crippen molar-refractivity contribution in [2.24, 2.45) is 17.6 Å². The number of amides is 3. The molecule has 27 heavy (non-hydrogen) atoms. The van der Waals surface area contributed by atoms with E-state index in [0.29, 0.717) is 37.4 Å². The fraction of sp³-hybridized carbons (Fsp3) is 0.526. The fourth-order valence-electron chi connectivity index (χ4n) is 3.18. The Hall–Kier alpha value is -2.12. The van der Waals surface area contributed by atoms with Crippen molar-refractivity contribution in [3.05, 3.63) is 29.8 Å². The average molecular weight is 395 g/mol. The maximum atomic E-state index is 12.7. The summed E-state index contributed by atoms with van der Waals surface area (Å²) in [6, 6.07) is 6.96. The second-order valence-electron chi connectivity index (χ2n) is 7.01. The lowest BCUT2D eigenvalue weighted by Gasteiger charge is -2.32. The smallest absolute Gasteiger partial charge is 0.253 e. The number of likely N-dealkylation sites (tertiary alicyclic amines) is 1. The van der Waals surface area contributed by atoms with Crippen LogP contribution in [-0.2, 0) is 9.59 Å². The Bertz CT molecular complexity index is 676. The van der Waals surface area contributed by atoms with Crippen LogP contribution in [0.25, 0.3) is 0 Å². The molecule has 0 radical (unpaired) electrons. The Labute approximate surface area is 165 Å². The van der Waals surface area contributed by atoms with Crippen molar-refractivity contribution in [1.82, 2.24) is 10.2 Å². The maximum absolute atomic E-state index is 12.7. The van der Waals surface area contributed by atoms with Crippen LogP contribution in [0, 0.1) is 11.8 Å². The van der Waals surface area contributed by atoms with Crippen LogP contribution in [0.4, 0.5) is 5.69 Å². The zero-order chi connectivity index (χ0) is 18.5. The van der Waals surface area contributed by atoms with Crippen LogP contribution in [0.3, 0.4) is 0 Å². The van der Waals surface area contributed by atoms with E-state index in [0.717, 1.165) is 25.7 Å². The van der Waals surface area contributed by atoms with Gasteiger partial charge in [0.05, 0.1) is 5.92 Å². The van der Waals surface area contributed by atoms with Gasteiger partial charge >= 0.3 is 0 Å². The van der Waals surface area contributed by atoms with E-state index in [9.17, 15) is 14.4 Å². The third-order valence-corrected chi connectivity index (χ3v) is 4.87. The monoisotopic (exact) mass is 394 g/mol. The van der Waals surface area contributed by atoms with E-state index in [1.807, 2.05) is 0 Å². The minimum absolute atomic E-state index is 0. The highest BCUT2D eigenvalue weighted by Crippen LogP contribution is 2.30. The molecule has 2 fully saturated rings. The molecule has 0 spiro atoms. The largest absolute Gasteiger partial charge is 0.355 e. The fourth-order valence-corrected chi connectivity index (χ4v) is 3.18. The van der Waals surface area contributed by atoms with Crippen LogP contribution in [0.2, 0.25) is 0 Å². The van der Waals surface area contributed by atoms with Gasteiger partial charge in [-0.1, -0.05) is 0 Å². The SMILES string of the molecule is Cl.NCCNC(=O)C1CCCN(C(=O)c2ccc(NC(=O)C3CC3)cc2)C1. The molecule has 1 aliphatic carbocycles. The number of hydrogen-bond acceptors (Lipinski definition) is 4. The molecule has 1 aromatic carbocycles. The van der Waals surface area contributed by atoms with Crippen molar-refractivity contribution in [1.29, 1.82) is 0 Å². The van der Waals surface area contributed by atoms with E-state index in [2.05, 4.69) is 10.6 Å². The molecule has 2 aliphatic rings. The Kier molecular flexibility index (Phi) is 7.62. The number of nitrogens with zero attached hydrogens (tertiary/aromatic N) is 1. The van der Waals surface area contributed by atoms with E-state index in [4.69, 9.17) is 5.73 Å². The predicted molar refractivity (Wildman–Crippen MR) is 106 cm³/mol. The molecule has 7 nitrogen and oxygen atoms in total. The molecule has 0 bridgehead atoms. The third-order valence-electron chi connectivity index (χ3n) is 4.87. The van der Waals surface area contributed by atoms with Crippen LogP contribution in [0.5, 0.6) is 0 Å². The van der Waals surface area contributed by atoms with Gasteiger partial charge in [0.2, 0.25) is 11.8 Å². The molecule has 3 rings (SSSR count). The number of nitrogens with one attached hydrogen (secondary N) is 2. The highest BCUT2D eigenvalue weighted by atomic mass is 35.5. The number of benzene rings is 1. The lowest BCUT2D eigenvalue weighted by atomic mass is 9.96. The van der Waals surface area contributed by atoms with Gasteiger partial charge in [-0.05, 0) is 49.9 Å². The van der Waals surface area contributed by atoms with Crippen LogP contribution in [0.15, 0.2) is 24.3 Å². The van der Waals surface area contributed by atoms with Crippen molar-refractivity contribution >= 4 is 35.8 Å². The van der Waals surface area contributed by atoms with Crippen molar-refractivity contribution < 1.29 is 14.4 Å². The molecule has 8 heteroatoms. The third kappa shape index (κ3) is 5.68. The van der Waals surface area contributed by atoms with Gasteiger partial charge < -0.3 is 21.3 Å². The summed E-state index contributed by atoms with van der Waals surface area (Å²) in [5, 5.41) is 5.66. The number of halogens is 1. The Balaban J connectivity index is 0.00000261. The van der Waals surface area contributed by atoms with Crippen LogP contribution < -0.4 is 16.4 Å². The zero-order valence-electron chi connectivity index (χ0n) is 15.3. The first-order valence-corrected chi connectivity index (χ1v) is 9.26. The van der Waals surface area contributed by atoms with Gasteiger partial charge in [-0.2, -0.15) is 0 Å². The highest BCUT2D eigenvalue weighted by molar-refractivity contribution is 5.97. The Morgan fingerprint density at radius 3 is 2.37 bits per heavy atom. The first-order valence-electron chi connectivity index (χ1n) is 9.26. The van der Waals surface area contributed by atoms with E-state index >= 15 is 0 Å². The van der Waals surface area contributed by atoms with Gasteiger partial charge in [-0.3, -0.25) is 14.4 Å². The van der Waals surface area contributed by atoms with Crippen molar-refractivity contribution in [3.8, 4) is 0 Å². The normalized spacial score (nSPS) is 19.0. The Morgan fingerprint density at radius 2 is 1.74 bits per heavy atom. The van der Waals surface area contributed by atoms with Gasteiger partial charge in [0.25, 0.3) is 5.91 Å². The quantitative estimate of drug-likeness (QED) is 0.677. The van der Waals surface area contributed by atoms with Gasteiger partial charge in [-0.15, -0.1) is 12.4 Å². The van der Waals surface area contributed by atoms with Crippen LogP contribution in [-0.4, -0.2) is 48.8 Å². The summed E-state index contributed by atoms with van der Waals surface area (Å²) in [5.74, 6) is -0.109. The molecular weight excluding hydrogens is 368 g/mol. The summed E-state index contributed by atoms with van der Waals surface area (Å²) < 4.78 is 0. The summed E-state index contributed by atoms with van der Waals surface area (Å²) in [7, 11) is 0. The average Bonchev–Trinajstić information content (AvgIpc) is 3.51. The number of rotatable bonds is 6. The molecular formula is C19H27ClN4O3. The molecule has 1 aromatic rings. The van der Waals surface area contributed by atoms with E-state index in [1.54, 1.807) is 29.2 Å². The number of anilines is 1. The molecule has 1 atom stereocenters. The summed E-state index contributed by atoms with van der Waals surface area (Å²) in [5.41, 5.74) is 6.69. The van der Waals surface area contributed by atoms with Crippen molar-refractivity contribution in [3.63, 3.8) is 0 Å². The molecule has 4 N–H and O–H groups in total. The lowest BCUT2D eigenvalue weighted by molar-refractivity contribution is -0.126. The molecule has 1 heterocycles. The van der Waals surface area contributed by atoms with Crippen LogP contribution >= 0.6 is 12.4 Å². The molecule has 0 aromatic heterocycles. The summed E-state index contributed by atoms with van der Waals surface area (Å²) in [6.07, 6.45) is 3.50. The summed E-state index contributed by atoms with van der Waals surface area (Å²) in [4.78, 5) is 38.4. The first-order chi connectivity index (χ1) is 12.6. The molecule has 148 valence electrons. The first kappa shape index (κ1) is 21.2. The van der Waals surface area contributed by atoms with E-state index in [1.165, 1.54) is 0 Å². The van der Waals surface area contributed by atoms with E-state index < -0.39 is 0 Å². The summed E-state index contributed by atoms with van der Waals surface area (Å²) >= 11 is 0. The number of hydrogen-bond donors (Lipinski definition) is 3. The minimum Gasteiger partial charge on any atom is -0.355 e. The van der Waals surface area contributed by atoms with Crippen molar-refractivity contribution in [2.45, 2.75) is 25.7 Å². The summed E-state index contributed by atoms with van der Waals surface area (Å²) in [6.45, 7) is 1.94. The van der Waals surface area contributed by atoms with Gasteiger partial charge in [0.15, 0.2) is 0 Å². The van der Waals surface area contributed by atoms with Gasteiger partial charge in [0.1, 0.15) is 0 Å². The molecule has 1 saturated heterocycles. The van der Waals surface area contributed by atoms with Crippen molar-refractivity contribution in [2.75, 3.05) is 31.5 Å². The standard InChI is InChI=1S/C19H26N4O3.ClH/c20-9-10-21-17(24)15-2-1-11-23(12-15)19(26)14-5-7-16(8-6-14)22-18(25)13-3-4-13;/h5-8,13,15H,1-4,9-12,20H2,(H,21,24)(H,22,25);1H. The van der Waals surface area contributed by atoms with E-state index in [-0.39, 0.29) is 42.0 Å². The number of carbonyl (C=O) groups is 3. The van der Waals surface area contributed by atoms with Gasteiger partial charge in [0, 0.05) is 43.3 Å². The molecule has 3 amide bonds. The second kappa shape index (κ2) is 9.71. The zero-order valence-corrected chi connectivity index (χ0v) is 16.1. The predicted octanol–water partition coefficient (Wildman–Crippen LogP) is 1.38. The molecule has 1 unspecified atom stereocenters. The maximum Gasteiger partial charge on any atom is 0.253 e. The molecule has 1 saturated carbocycles. The van der Waals surface area contributed by atoms with Gasteiger partial charge in [-0.25, -0.2) is 0 Å². The topological polar surface area (TPSA) is 105 Å². The number of carbonyl (C=O) groups excluding carboxylic acids is 3.